The number of hydrogen-bond acceptors (Lipinski definition) is 3. The SMILES string of the molecule is NCc1ccccc1/N=N/c1ccccc1. The normalized spacial score (nSPS) is 10.8. The monoisotopic (exact) mass is 211 g/mol. The lowest BCUT2D eigenvalue weighted by molar-refractivity contribution is 1.05. The first-order valence-electron chi connectivity index (χ1n) is 5.15. The van der Waals surface area contributed by atoms with Crippen molar-refractivity contribution >= 4 is 11.4 Å². The van der Waals surface area contributed by atoms with Crippen LogP contribution in [0.4, 0.5) is 11.4 Å². The van der Waals surface area contributed by atoms with Crippen LogP contribution in [0.15, 0.2) is 64.8 Å². The molecule has 0 amide bonds. The second kappa shape index (κ2) is 5.19. The quantitative estimate of drug-likeness (QED) is 0.775. The van der Waals surface area contributed by atoms with E-state index in [2.05, 4.69) is 10.2 Å². The smallest absolute Gasteiger partial charge is 0.0901 e. The van der Waals surface area contributed by atoms with Crippen LogP contribution in [-0.4, -0.2) is 0 Å². The maximum absolute atomic E-state index is 5.62. The summed E-state index contributed by atoms with van der Waals surface area (Å²) >= 11 is 0. The molecule has 0 spiro atoms. The molecule has 2 N–H and O–H groups in total. The molecule has 2 rings (SSSR count). The Bertz CT molecular complexity index is 478. The summed E-state index contributed by atoms with van der Waals surface area (Å²) < 4.78 is 0. The zero-order valence-corrected chi connectivity index (χ0v) is 8.88. The lowest BCUT2D eigenvalue weighted by Crippen LogP contribution is -1.95. The molecule has 0 aliphatic heterocycles. The Morgan fingerprint density at radius 3 is 2.25 bits per heavy atom. The van der Waals surface area contributed by atoms with E-state index in [1.807, 2.05) is 54.6 Å². The van der Waals surface area contributed by atoms with Crippen LogP contribution in [0.25, 0.3) is 0 Å². The van der Waals surface area contributed by atoms with Crippen molar-refractivity contribution in [3.05, 3.63) is 60.2 Å². The van der Waals surface area contributed by atoms with E-state index in [0.717, 1.165) is 16.9 Å². The van der Waals surface area contributed by atoms with Gasteiger partial charge in [0.25, 0.3) is 0 Å². The molecule has 0 aromatic heterocycles. The lowest BCUT2D eigenvalue weighted by Gasteiger charge is -1.99. The molecule has 3 heteroatoms. The van der Waals surface area contributed by atoms with Crippen LogP contribution in [0.3, 0.4) is 0 Å². The fraction of sp³-hybridized carbons (Fsp3) is 0.0769. The third-order valence-corrected chi connectivity index (χ3v) is 2.24. The Balaban J connectivity index is 2.24. The van der Waals surface area contributed by atoms with Gasteiger partial charge >= 0.3 is 0 Å². The molecule has 0 aliphatic carbocycles. The molecule has 3 nitrogen and oxygen atoms in total. The number of azo groups is 1. The molecule has 0 saturated carbocycles. The van der Waals surface area contributed by atoms with Gasteiger partial charge in [0.2, 0.25) is 0 Å². The van der Waals surface area contributed by atoms with Gasteiger partial charge in [-0.2, -0.15) is 10.2 Å². The van der Waals surface area contributed by atoms with Gasteiger partial charge in [0.15, 0.2) is 0 Å². The van der Waals surface area contributed by atoms with E-state index >= 15 is 0 Å². The van der Waals surface area contributed by atoms with E-state index in [9.17, 15) is 0 Å². The van der Waals surface area contributed by atoms with Gasteiger partial charge in [-0.1, -0.05) is 36.4 Å². The minimum Gasteiger partial charge on any atom is -0.326 e. The van der Waals surface area contributed by atoms with Crippen LogP contribution >= 0.6 is 0 Å². The van der Waals surface area contributed by atoms with Crippen LogP contribution in [-0.2, 0) is 6.54 Å². The predicted molar refractivity (Wildman–Crippen MR) is 65.0 cm³/mol. The molecule has 16 heavy (non-hydrogen) atoms. The molecular formula is C13H13N3. The van der Waals surface area contributed by atoms with E-state index < -0.39 is 0 Å². The first-order chi connectivity index (χ1) is 7.90. The fourth-order valence-electron chi connectivity index (χ4n) is 1.39. The molecule has 0 saturated heterocycles. The minimum absolute atomic E-state index is 0.476. The lowest BCUT2D eigenvalue weighted by atomic mass is 10.2. The van der Waals surface area contributed by atoms with Gasteiger partial charge in [-0.05, 0) is 23.8 Å². The van der Waals surface area contributed by atoms with E-state index in [1.165, 1.54) is 0 Å². The van der Waals surface area contributed by atoms with Gasteiger partial charge in [-0.15, -0.1) is 0 Å². The summed E-state index contributed by atoms with van der Waals surface area (Å²) in [6, 6.07) is 17.4. The predicted octanol–water partition coefficient (Wildman–Crippen LogP) is 3.56. The zero-order valence-electron chi connectivity index (χ0n) is 8.88. The maximum atomic E-state index is 5.62. The molecule has 0 bridgehead atoms. The summed E-state index contributed by atoms with van der Waals surface area (Å²) in [4.78, 5) is 0. The topological polar surface area (TPSA) is 50.7 Å². The second-order valence-corrected chi connectivity index (χ2v) is 3.37. The molecular weight excluding hydrogens is 198 g/mol. The maximum Gasteiger partial charge on any atom is 0.0901 e. The number of benzene rings is 2. The summed E-state index contributed by atoms with van der Waals surface area (Å²) in [6.45, 7) is 0.476. The minimum atomic E-state index is 0.476. The number of rotatable bonds is 3. The van der Waals surface area contributed by atoms with Gasteiger partial charge in [-0.3, -0.25) is 0 Å². The van der Waals surface area contributed by atoms with Gasteiger partial charge in [0.1, 0.15) is 0 Å². The summed E-state index contributed by atoms with van der Waals surface area (Å²) in [5.41, 5.74) is 8.29. The van der Waals surface area contributed by atoms with E-state index in [1.54, 1.807) is 0 Å². The highest BCUT2D eigenvalue weighted by Gasteiger charge is 1.97. The van der Waals surface area contributed by atoms with Gasteiger partial charge in [0.05, 0.1) is 11.4 Å². The van der Waals surface area contributed by atoms with Gasteiger partial charge in [0, 0.05) is 6.54 Å². The fourth-order valence-corrected chi connectivity index (χ4v) is 1.39. The number of nitrogens with two attached hydrogens (primary N) is 1. The average molecular weight is 211 g/mol. The van der Waals surface area contributed by atoms with Crippen molar-refractivity contribution in [3.8, 4) is 0 Å². The zero-order chi connectivity index (χ0) is 11.2. The van der Waals surface area contributed by atoms with Crippen molar-refractivity contribution in [2.24, 2.45) is 16.0 Å². The third-order valence-electron chi connectivity index (χ3n) is 2.24. The molecule has 0 radical (unpaired) electrons. The van der Waals surface area contributed by atoms with E-state index in [4.69, 9.17) is 5.73 Å². The highest BCUT2D eigenvalue weighted by Crippen LogP contribution is 2.21. The number of nitrogens with zero attached hydrogens (tertiary/aromatic N) is 2. The average Bonchev–Trinajstić information content (AvgIpc) is 2.38. The van der Waals surface area contributed by atoms with Gasteiger partial charge in [-0.25, -0.2) is 0 Å². The third kappa shape index (κ3) is 2.52. The van der Waals surface area contributed by atoms with Crippen molar-refractivity contribution in [1.82, 2.24) is 0 Å². The van der Waals surface area contributed by atoms with E-state index in [-0.39, 0.29) is 0 Å². The Morgan fingerprint density at radius 1 is 0.812 bits per heavy atom. The Morgan fingerprint density at radius 2 is 1.50 bits per heavy atom. The molecule has 0 fully saturated rings. The van der Waals surface area contributed by atoms with Crippen molar-refractivity contribution < 1.29 is 0 Å². The second-order valence-electron chi connectivity index (χ2n) is 3.37. The largest absolute Gasteiger partial charge is 0.326 e. The van der Waals surface area contributed by atoms with E-state index in [0.29, 0.717) is 6.54 Å². The van der Waals surface area contributed by atoms with Crippen molar-refractivity contribution in [2.45, 2.75) is 6.54 Å². The Labute approximate surface area is 94.6 Å². The number of hydrogen-bond donors (Lipinski definition) is 1. The molecule has 0 unspecified atom stereocenters. The summed E-state index contributed by atoms with van der Waals surface area (Å²) in [5.74, 6) is 0. The molecule has 0 heterocycles. The molecule has 0 aliphatic rings. The van der Waals surface area contributed by atoms with Crippen molar-refractivity contribution in [3.63, 3.8) is 0 Å². The van der Waals surface area contributed by atoms with Crippen molar-refractivity contribution in [1.29, 1.82) is 0 Å². The molecule has 2 aromatic rings. The highest BCUT2D eigenvalue weighted by atomic mass is 15.1. The van der Waals surface area contributed by atoms with Gasteiger partial charge < -0.3 is 5.73 Å². The van der Waals surface area contributed by atoms with Crippen LogP contribution in [0.5, 0.6) is 0 Å². The van der Waals surface area contributed by atoms with Crippen LogP contribution in [0, 0.1) is 0 Å². The Hall–Kier alpha value is -2.00. The highest BCUT2D eigenvalue weighted by molar-refractivity contribution is 5.46. The van der Waals surface area contributed by atoms with Crippen LogP contribution in [0.2, 0.25) is 0 Å². The Kier molecular flexibility index (Phi) is 3.41. The summed E-state index contributed by atoms with van der Waals surface area (Å²) in [7, 11) is 0. The first-order valence-corrected chi connectivity index (χ1v) is 5.15. The van der Waals surface area contributed by atoms with Crippen LogP contribution < -0.4 is 5.73 Å². The molecule has 2 aromatic carbocycles. The van der Waals surface area contributed by atoms with Crippen LogP contribution in [0.1, 0.15) is 5.56 Å². The van der Waals surface area contributed by atoms with Crippen molar-refractivity contribution in [2.75, 3.05) is 0 Å². The first kappa shape index (κ1) is 10.5. The standard InChI is InChI=1S/C13H13N3/c14-10-11-6-4-5-9-13(11)16-15-12-7-2-1-3-8-12/h1-9H,10,14H2/b16-15+. The summed E-state index contributed by atoms with van der Waals surface area (Å²) in [5, 5.41) is 8.35. The molecule has 0 atom stereocenters. The summed E-state index contributed by atoms with van der Waals surface area (Å²) in [6.07, 6.45) is 0. The molecule has 80 valence electrons.